The first-order chi connectivity index (χ1) is 10.3. The zero-order valence-electron chi connectivity index (χ0n) is 11.8. The highest BCUT2D eigenvalue weighted by molar-refractivity contribution is 5.93. The molecule has 6 heteroatoms. The zero-order valence-corrected chi connectivity index (χ0v) is 11.8. The van der Waals surface area contributed by atoms with Crippen molar-refractivity contribution < 1.29 is 9.21 Å². The molecule has 0 atom stereocenters. The summed E-state index contributed by atoms with van der Waals surface area (Å²) in [5.74, 6) is 2.99. The van der Waals surface area contributed by atoms with Crippen LogP contribution in [0.2, 0.25) is 0 Å². The van der Waals surface area contributed by atoms with E-state index < -0.39 is 0 Å². The average molecular weight is 286 g/mol. The van der Waals surface area contributed by atoms with Gasteiger partial charge in [-0.05, 0) is 31.7 Å². The van der Waals surface area contributed by atoms with Crippen LogP contribution < -0.4 is 0 Å². The Kier molecular flexibility index (Phi) is 3.02. The highest BCUT2D eigenvalue weighted by Gasteiger charge is 2.30. The summed E-state index contributed by atoms with van der Waals surface area (Å²) < 4.78 is 4.98. The number of aromatic amines is 1. The number of piperidine rings is 1. The highest BCUT2D eigenvalue weighted by Crippen LogP contribution is 2.38. The van der Waals surface area contributed by atoms with Crippen molar-refractivity contribution in [2.24, 2.45) is 0 Å². The molecule has 2 aromatic heterocycles. The van der Waals surface area contributed by atoms with Gasteiger partial charge >= 0.3 is 0 Å². The first-order valence-corrected chi connectivity index (χ1v) is 7.55. The van der Waals surface area contributed by atoms with Crippen molar-refractivity contribution in [1.82, 2.24) is 20.1 Å². The van der Waals surface area contributed by atoms with Crippen molar-refractivity contribution in [3.63, 3.8) is 0 Å². The highest BCUT2D eigenvalue weighted by atomic mass is 16.3. The van der Waals surface area contributed by atoms with Crippen molar-refractivity contribution in [3.05, 3.63) is 35.8 Å². The second-order valence-electron chi connectivity index (χ2n) is 5.93. The lowest BCUT2D eigenvalue weighted by atomic mass is 9.96. The standard InChI is InChI=1S/C15H18N4O2/c20-15(12-5-8-21-9-12)19-6-3-11(4-7-19)14-16-13(17-18-14)10-1-2-10/h5,8-11H,1-4,6-7H2,(H,16,17,18). The molecule has 1 N–H and O–H groups in total. The molecule has 2 fully saturated rings. The van der Waals surface area contributed by atoms with Gasteiger partial charge in [-0.15, -0.1) is 0 Å². The van der Waals surface area contributed by atoms with Crippen LogP contribution in [-0.2, 0) is 0 Å². The lowest BCUT2D eigenvalue weighted by Crippen LogP contribution is -2.37. The second-order valence-corrected chi connectivity index (χ2v) is 5.93. The summed E-state index contributed by atoms with van der Waals surface area (Å²) in [4.78, 5) is 18.8. The van der Waals surface area contributed by atoms with Gasteiger partial charge in [0, 0.05) is 24.9 Å². The summed E-state index contributed by atoms with van der Waals surface area (Å²) in [7, 11) is 0. The number of nitrogens with one attached hydrogen (secondary N) is 1. The maximum atomic E-state index is 12.2. The lowest BCUT2D eigenvalue weighted by molar-refractivity contribution is 0.0710. The quantitative estimate of drug-likeness (QED) is 0.939. The average Bonchev–Trinajstić information content (AvgIpc) is 3.05. The van der Waals surface area contributed by atoms with Crippen LogP contribution in [0, 0.1) is 0 Å². The number of carbonyl (C=O) groups is 1. The fourth-order valence-corrected chi connectivity index (χ4v) is 2.92. The number of hydrogen-bond acceptors (Lipinski definition) is 4. The SMILES string of the molecule is O=C(c1ccoc1)N1CCC(c2nc(C3CC3)n[nH]2)CC1. The van der Waals surface area contributed by atoms with Crippen molar-refractivity contribution in [2.45, 2.75) is 37.5 Å². The van der Waals surface area contributed by atoms with E-state index in [4.69, 9.17) is 4.42 Å². The maximum absolute atomic E-state index is 12.2. The maximum Gasteiger partial charge on any atom is 0.257 e. The molecule has 2 aliphatic rings. The first kappa shape index (κ1) is 12.6. The number of amides is 1. The fourth-order valence-electron chi connectivity index (χ4n) is 2.92. The number of carbonyl (C=O) groups excluding carboxylic acids is 1. The molecule has 6 nitrogen and oxygen atoms in total. The fraction of sp³-hybridized carbons (Fsp3) is 0.533. The normalized spacial score (nSPS) is 19.9. The Labute approximate surface area is 122 Å². The van der Waals surface area contributed by atoms with E-state index in [1.54, 1.807) is 6.07 Å². The van der Waals surface area contributed by atoms with Crippen molar-refractivity contribution in [2.75, 3.05) is 13.1 Å². The predicted octanol–water partition coefficient (Wildman–Crippen LogP) is 2.29. The van der Waals surface area contributed by atoms with E-state index in [2.05, 4.69) is 15.2 Å². The van der Waals surface area contributed by atoms with Crippen LogP contribution in [0.5, 0.6) is 0 Å². The minimum atomic E-state index is 0.0541. The first-order valence-electron chi connectivity index (χ1n) is 7.55. The molecular weight excluding hydrogens is 268 g/mol. The van der Waals surface area contributed by atoms with Crippen molar-refractivity contribution >= 4 is 5.91 Å². The monoisotopic (exact) mass is 286 g/mol. The van der Waals surface area contributed by atoms with Gasteiger partial charge in [0.05, 0.1) is 11.8 Å². The molecule has 110 valence electrons. The summed E-state index contributed by atoms with van der Waals surface area (Å²) in [6, 6.07) is 1.72. The summed E-state index contributed by atoms with van der Waals surface area (Å²) in [6.07, 6.45) is 7.34. The number of aromatic nitrogens is 3. The number of H-pyrrole nitrogens is 1. The largest absolute Gasteiger partial charge is 0.472 e. The summed E-state index contributed by atoms with van der Waals surface area (Å²) in [5.41, 5.74) is 0.629. The summed E-state index contributed by atoms with van der Waals surface area (Å²) in [5, 5.41) is 7.41. The minimum absolute atomic E-state index is 0.0541. The number of likely N-dealkylation sites (tertiary alicyclic amines) is 1. The molecular formula is C15H18N4O2. The van der Waals surface area contributed by atoms with E-state index in [9.17, 15) is 4.79 Å². The van der Waals surface area contributed by atoms with Crippen LogP contribution in [0.15, 0.2) is 23.0 Å². The smallest absolute Gasteiger partial charge is 0.257 e. The van der Waals surface area contributed by atoms with Gasteiger partial charge in [0.25, 0.3) is 5.91 Å². The third-order valence-corrected chi connectivity index (χ3v) is 4.40. The molecule has 0 aromatic carbocycles. The van der Waals surface area contributed by atoms with Crippen LogP contribution in [0.25, 0.3) is 0 Å². The Morgan fingerprint density at radius 2 is 2.05 bits per heavy atom. The van der Waals surface area contributed by atoms with E-state index in [0.717, 1.165) is 37.6 Å². The van der Waals surface area contributed by atoms with E-state index in [0.29, 0.717) is 17.4 Å². The number of nitrogens with zero attached hydrogens (tertiary/aromatic N) is 3. The van der Waals surface area contributed by atoms with E-state index in [-0.39, 0.29) is 5.91 Å². The zero-order chi connectivity index (χ0) is 14.2. The van der Waals surface area contributed by atoms with Crippen LogP contribution in [0.1, 0.15) is 59.5 Å². The van der Waals surface area contributed by atoms with Crippen molar-refractivity contribution in [3.8, 4) is 0 Å². The molecule has 1 saturated carbocycles. The molecule has 3 heterocycles. The van der Waals surface area contributed by atoms with Gasteiger partial charge in [0.1, 0.15) is 12.1 Å². The van der Waals surface area contributed by atoms with Crippen molar-refractivity contribution in [1.29, 1.82) is 0 Å². The van der Waals surface area contributed by atoms with E-state index in [1.807, 2.05) is 4.90 Å². The van der Waals surface area contributed by atoms with Gasteiger partial charge in [-0.1, -0.05) is 0 Å². The molecule has 0 bridgehead atoms. The summed E-state index contributed by atoms with van der Waals surface area (Å²) >= 11 is 0. The van der Waals surface area contributed by atoms with Crippen LogP contribution in [-0.4, -0.2) is 39.1 Å². The Hall–Kier alpha value is -2.11. The third kappa shape index (κ3) is 2.46. The van der Waals surface area contributed by atoms with Crippen LogP contribution in [0.3, 0.4) is 0 Å². The number of furan rings is 1. The van der Waals surface area contributed by atoms with E-state index >= 15 is 0 Å². The van der Waals surface area contributed by atoms with Gasteiger partial charge in [-0.3, -0.25) is 9.89 Å². The van der Waals surface area contributed by atoms with Crippen LogP contribution >= 0.6 is 0 Å². The molecule has 0 radical (unpaired) electrons. The molecule has 1 aliphatic carbocycles. The number of rotatable bonds is 3. The molecule has 0 spiro atoms. The van der Waals surface area contributed by atoms with Gasteiger partial charge < -0.3 is 9.32 Å². The molecule has 2 aromatic rings. The van der Waals surface area contributed by atoms with Gasteiger partial charge in [-0.2, -0.15) is 5.10 Å². The Morgan fingerprint density at radius 3 is 2.71 bits per heavy atom. The Morgan fingerprint density at radius 1 is 1.24 bits per heavy atom. The molecule has 0 unspecified atom stereocenters. The lowest BCUT2D eigenvalue weighted by Gasteiger charge is -2.30. The minimum Gasteiger partial charge on any atom is -0.472 e. The second kappa shape index (κ2) is 5.02. The van der Waals surface area contributed by atoms with E-state index in [1.165, 1.54) is 25.4 Å². The molecule has 21 heavy (non-hydrogen) atoms. The molecule has 1 saturated heterocycles. The number of hydrogen-bond donors (Lipinski definition) is 1. The van der Waals surface area contributed by atoms with Gasteiger partial charge in [-0.25, -0.2) is 4.98 Å². The molecule has 1 aliphatic heterocycles. The molecule has 4 rings (SSSR count). The Balaban J connectivity index is 1.38. The third-order valence-electron chi connectivity index (χ3n) is 4.40. The van der Waals surface area contributed by atoms with Gasteiger partial charge in [0.15, 0.2) is 5.82 Å². The summed E-state index contributed by atoms with van der Waals surface area (Å²) in [6.45, 7) is 1.52. The Bertz CT molecular complexity index is 622. The topological polar surface area (TPSA) is 75.0 Å². The predicted molar refractivity (Wildman–Crippen MR) is 74.9 cm³/mol. The van der Waals surface area contributed by atoms with Crippen LogP contribution in [0.4, 0.5) is 0 Å². The molecule has 1 amide bonds. The van der Waals surface area contributed by atoms with Gasteiger partial charge in [0.2, 0.25) is 0 Å².